The summed E-state index contributed by atoms with van der Waals surface area (Å²) in [4.78, 5) is 13.6. The van der Waals surface area contributed by atoms with Gasteiger partial charge in [0.25, 0.3) is 0 Å². The molecule has 0 amide bonds. The highest BCUT2D eigenvalue weighted by atomic mass is 32.2. The van der Waals surface area contributed by atoms with Crippen molar-refractivity contribution in [1.29, 1.82) is 0 Å². The van der Waals surface area contributed by atoms with Gasteiger partial charge in [-0.2, -0.15) is 0 Å². The molecule has 1 aromatic carbocycles. The number of nitrogens with one attached hydrogen (secondary N) is 1. The van der Waals surface area contributed by atoms with E-state index in [-0.39, 0.29) is 0 Å². The Labute approximate surface area is 108 Å². The number of carbonyl (C=O) groups is 1. The summed E-state index contributed by atoms with van der Waals surface area (Å²) >= 11 is 0. The summed E-state index contributed by atoms with van der Waals surface area (Å²) in [5.41, 5.74) is 0.412. The first kappa shape index (κ1) is 14.8. The molecule has 0 bridgehead atoms. The fourth-order valence-corrected chi connectivity index (χ4v) is 2.37. The molecular formula is C12H18N2O3S. The lowest BCUT2D eigenvalue weighted by Gasteiger charge is -2.10. The van der Waals surface area contributed by atoms with E-state index in [1.54, 1.807) is 30.3 Å². The molecule has 1 aromatic rings. The third kappa shape index (κ3) is 5.39. The largest absolute Gasteiger partial charge is 0.308 e. The minimum Gasteiger partial charge on any atom is -0.308 e. The van der Waals surface area contributed by atoms with Gasteiger partial charge >= 0.3 is 0 Å². The number of hydrogen-bond donors (Lipinski definition) is 1. The summed E-state index contributed by atoms with van der Waals surface area (Å²) in [7, 11) is 0.150. The number of sulfonamides is 1. The maximum absolute atomic E-state index is 11.7. The van der Waals surface area contributed by atoms with Crippen molar-refractivity contribution in [2.45, 2.75) is 0 Å². The predicted molar refractivity (Wildman–Crippen MR) is 71.1 cm³/mol. The molecule has 18 heavy (non-hydrogen) atoms. The summed E-state index contributed by atoms with van der Waals surface area (Å²) in [6.45, 7) is 0.899. The van der Waals surface area contributed by atoms with E-state index in [0.29, 0.717) is 18.7 Å². The number of rotatable bonds is 7. The zero-order valence-electron chi connectivity index (χ0n) is 10.6. The molecule has 0 fully saturated rings. The molecule has 0 heterocycles. The molecule has 0 aliphatic heterocycles. The van der Waals surface area contributed by atoms with Crippen LogP contribution < -0.4 is 4.72 Å². The van der Waals surface area contributed by atoms with Crippen LogP contribution in [0.4, 0.5) is 0 Å². The standard InChI is InChI=1S/C12H18N2O3S/c1-14(2)9-8-13-18(16,17)10-12(15)11-6-4-3-5-7-11/h3-7,13H,8-10H2,1-2H3. The molecule has 100 valence electrons. The highest BCUT2D eigenvalue weighted by Crippen LogP contribution is 2.01. The topological polar surface area (TPSA) is 66.5 Å². The first-order chi connectivity index (χ1) is 8.41. The van der Waals surface area contributed by atoms with Gasteiger partial charge in [-0.15, -0.1) is 0 Å². The van der Waals surface area contributed by atoms with Crippen LogP contribution in [0.1, 0.15) is 10.4 Å². The lowest BCUT2D eigenvalue weighted by molar-refractivity contribution is 0.102. The monoisotopic (exact) mass is 270 g/mol. The Morgan fingerprint density at radius 3 is 2.39 bits per heavy atom. The number of carbonyl (C=O) groups excluding carboxylic acids is 1. The number of likely N-dealkylation sites (N-methyl/N-ethyl adjacent to an activating group) is 1. The Morgan fingerprint density at radius 2 is 1.83 bits per heavy atom. The second-order valence-corrected chi connectivity index (χ2v) is 6.05. The van der Waals surface area contributed by atoms with Gasteiger partial charge < -0.3 is 4.90 Å². The van der Waals surface area contributed by atoms with E-state index in [9.17, 15) is 13.2 Å². The van der Waals surface area contributed by atoms with E-state index in [2.05, 4.69) is 4.72 Å². The third-order valence-corrected chi connectivity index (χ3v) is 3.58. The zero-order valence-corrected chi connectivity index (χ0v) is 11.4. The van der Waals surface area contributed by atoms with E-state index in [1.807, 2.05) is 19.0 Å². The van der Waals surface area contributed by atoms with E-state index in [4.69, 9.17) is 0 Å². The van der Waals surface area contributed by atoms with Crippen molar-refractivity contribution < 1.29 is 13.2 Å². The molecule has 0 saturated carbocycles. The van der Waals surface area contributed by atoms with Crippen LogP contribution in [-0.4, -0.2) is 52.0 Å². The van der Waals surface area contributed by atoms with Crippen molar-refractivity contribution in [3.05, 3.63) is 35.9 Å². The lowest BCUT2D eigenvalue weighted by Crippen LogP contribution is -2.35. The van der Waals surface area contributed by atoms with Crippen LogP contribution in [0.2, 0.25) is 0 Å². The molecule has 6 heteroatoms. The van der Waals surface area contributed by atoms with Crippen LogP contribution in [0.25, 0.3) is 0 Å². The molecule has 1 N–H and O–H groups in total. The second-order valence-electron chi connectivity index (χ2n) is 4.25. The maximum atomic E-state index is 11.7. The fraction of sp³-hybridized carbons (Fsp3) is 0.417. The Kier molecular flexibility index (Phi) is 5.46. The van der Waals surface area contributed by atoms with Crippen LogP contribution in [-0.2, 0) is 10.0 Å². The Hall–Kier alpha value is -1.24. The normalized spacial score (nSPS) is 11.7. The number of nitrogens with zero attached hydrogens (tertiary/aromatic N) is 1. The highest BCUT2D eigenvalue weighted by molar-refractivity contribution is 7.90. The summed E-state index contributed by atoms with van der Waals surface area (Å²) in [5.74, 6) is -0.905. The molecule has 0 spiro atoms. The summed E-state index contributed by atoms with van der Waals surface area (Å²) < 4.78 is 25.7. The first-order valence-electron chi connectivity index (χ1n) is 5.61. The van der Waals surface area contributed by atoms with Crippen molar-refractivity contribution >= 4 is 15.8 Å². The highest BCUT2D eigenvalue weighted by Gasteiger charge is 2.16. The molecule has 5 nitrogen and oxygen atoms in total. The van der Waals surface area contributed by atoms with Gasteiger partial charge in [0, 0.05) is 18.7 Å². The van der Waals surface area contributed by atoms with Gasteiger partial charge in [0.15, 0.2) is 5.78 Å². The second kappa shape index (κ2) is 6.63. The molecule has 1 rings (SSSR count). The van der Waals surface area contributed by atoms with E-state index in [0.717, 1.165) is 0 Å². The van der Waals surface area contributed by atoms with Gasteiger partial charge in [-0.25, -0.2) is 13.1 Å². The van der Waals surface area contributed by atoms with Crippen LogP contribution in [0.5, 0.6) is 0 Å². The summed E-state index contributed by atoms with van der Waals surface area (Å²) in [6.07, 6.45) is 0. The van der Waals surface area contributed by atoms with Crippen molar-refractivity contribution in [2.24, 2.45) is 0 Å². The Morgan fingerprint density at radius 1 is 1.22 bits per heavy atom. The van der Waals surface area contributed by atoms with Crippen LogP contribution >= 0.6 is 0 Å². The fourth-order valence-electron chi connectivity index (χ4n) is 1.36. The van der Waals surface area contributed by atoms with Gasteiger partial charge in [-0.05, 0) is 14.1 Å². The van der Waals surface area contributed by atoms with E-state index < -0.39 is 21.6 Å². The number of ketones is 1. The van der Waals surface area contributed by atoms with Gasteiger partial charge in [0.05, 0.1) is 0 Å². The molecule has 0 aromatic heterocycles. The summed E-state index contributed by atoms with van der Waals surface area (Å²) in [6, 6.07) is 8.41. The van der Waals surface area contributed by atoms with Gasteiger partial charge in [0.2, 0.25) is 10.0 Å². The molecule has 0 aliphatic carbocycles. The van der Waals surface area contributed by atoms with Gasteiger partial charge in [-0.1, -0.05) is 30.3 Å². The minimum absolute atomic E-state index is 0.303. The average Bonchev–Trinajstić information content (AvgIpc) is 2.28. The van der Waals surface area contributed by atoms with Gasteiger partial charge in [-0.3, -0.25) is 4.79 Å². The molecule has 0 aliphatic rings. The van der Waals surface area contributed by atoms with Crippen LogP contribution in [0, 0.1) is 0 Å². The molecule has 0 radical (unpaired) electrons. The Balaban J connectivity index is 2.53. The minimum atomic E-state index is -3.55. The van der Waals surface area contributed by atoms with Crippen LogP contribution in [0.3, 0.4) is 0 Å². The zero-order chi connectivity index (χ0) is 13.6. The Bertz CT molecular complexity index is 483. The number of hydrogen-bond acceptors (Lipinski definition) is 4. The van der Waals surface area contributed by atoms with Gasteiger partial charge in [0.1, 0.15) is 5.75 Å². The SMILES string of the molecule is CN(C)CCNS(=O)(=O)CC(=O)c1ccccc1. The quantitative estimate of drug-likeness (QED) is 0.726. The van der Waals surface area contributed by atoms with Crippen molar-refractivity contribution in [3.8, 4) is 0 Å². The number of Topliss-reactive ketones (excluding diaryl/α,β-unsaturated/α-hetero) is 1. The molecule has 0 atom stereocenters. The first-order valence-corrected chi connectivity index (χ1v) is 7.26. The molecular weight excluding hydrogens is 252 g/mol. The molecule has 0 unspecified atom stereocenters. The van der Waals surface area contributed by atoms with Crippen molar-refractivity contribution in [3.63, 3.8) is 0 Å². The van der Waals surface area contributed by atoms with E-state index >= 15 is 0 Å². The lowest BCUT2D eigenvalue weighted by atomic mass is 10.2. The van der Waals surface area contributed by atoms with Crippen molar-refractivity contribution in [2.75, 3.05) is 32.9 Å². The van der Waals surface area contributed by atoms with Crippen LogP contribution in [0.15, 0.2) is 30.3 Å². The molecule has 0 saturated heterocycles. The predicted octanol–water partition coefficient (Wildman–Crippen LogP) is 0.350. The average molecular weight is 270 g/mol. The van der Waals surface area contributed by atoms with E-state index in [1.165, 1.54) is 0 Å². The maximum Gasteiger partial charge on any atom is 0.219 e. The van der Waals surface area contributed by atoms with Crippen molar-refractivity contribution in [1.82, 2.24) is 9.62 Å². The summed E-state index contributed by atoms with van der Waals surface area (Å²) in [5, 5.41) is 0. The number of benzene rings is 1. The smallest absolute Gasteiger partial charge is 0.219 e. The third-order valence-electron chi connectivity index (χ3n) is 2.30.